The van der Waals surface area contributed by atoms with E-state index in [0.29, 0.717) is 0 Å². The number of para-hydroxylation sites is 2. The minimum absolute atomic E-state index is 0.191. The molecule has 112 valence electrons. The van der Waals surface area contributed by atoms with Crippen molar-refractivity contribution < 1.29 is 4.74 Å². The Hall–Kier alpha value is -1.96. The molecule has 0 saturated carbocycles. The molecule has 0 unspecified atom stereocenters. The third-order valence-electron chi connectivity index (χ3n) is 3.53. The fraction of sp³-hybridized carbons (Fsp3) is 0.368. The molecule has 0 radical (unpaired) electrons. The van der Waals surface area contributed by atoms with Crippen LogP contribution in [0.25, 0.3) is 0 Å². The molecule has 2 nitrogen and oxygen atoms in total. The standard InChI is InChI=1S/C19H25NO/c1-5-16-11-8-9-15(4)19(16)20-13-17-10-6-7-12-18(17)21-14(2)3/h6-12,14,20H,5,13H2,1-4H3. The summed E-state index contributed by atoms with van der Waals surface area (Å²) >= 11 is 0. The second-order valence-electron chi connectivity index (χ2n) is 5.59. The molecule has 2 rings (SSSR count). The van der Waals surface area contributed by atoms with E-state index in [2.05, 4.69) is 63.3 Å². The van der Waals surface area contributed by atoms with Gasteiger partial charge in [-0.3, -0.25) is 0 Å². The maximum Gasteiger partial charge on any atom is 0.124 e. The second-order valence-corrected chi connectivity index (χ2v) is 5.59. The first-order valence-corrected chi connectivity index (χ1v) is 7.68. The molecule has 0 aromatic heterocycles. The number of aryl methyl sites for hydroxylation is 2. The first kappa shape index (κ1) is 15.4. The molecule has 21 heavy (non-hydrogen) atoms. The Bertz CT molecular complexity index is 590. The van der Waals surface area contributed by atoms with Gasteiger partial charge in [0.25, 0.3) is 0 Å². The topological polar surface area (TPSA) is 21.3 Å². The Morgan fingerprint density at radius 2 is 1.71 bits per heavy atom. The fourth-order valence-corrected chi connectivity index (χ4v) is 2.48. The minimum atomic E-state index is 0.191. The molecule has 0 amide bonds. The smallest absolute Gasteiger partial charge is 0.124 e. The third-order valence-corrected chi connectivity index (χ3v) is 3.53. The number of benzene rings is 2. The summed E-state index contributed by atoms with van der Waals surface area (Å²) < 4.78 is 5.88. The quantitative estimate of drug-likeness (QED) is 0.809. The van der Waals surface area contributed by atoms with Gasteiger partial charge in [-0.25, -0.2) is 0 Å². The Balaban J connectivity index is 2.17. The number of rotatable bonds is 6. The maximum atomic E-state index is 5.88. The van der Waals surface area contributed by atoms with Crippen LogP contribution in [0.1, 0.15) is 37.5 Å². The van der Waals surface area contributed by atoms with Gasteiger partial charge in [0.2, 0.25) is 0 Å². The Labute approximate surface area is 128 Å². The van der Waals surface area contributed by atoms with Crippen molar-refractivity contribution in [2.45, 2.75) is 46.8 Å². The maximum absolute atomic E-state index is 5.88. The summed E-state index contributed by atoms with van der Waals surface area (Å²) in [5.41, 5.74) is 5.09. The highest BCUT2D eigenvalue weighted by Gasteiger charge is 2.07. The van der Waals surface area contributed by atoms with Crippen LogP contribution < -0.4 is 10.1 Å². The van der Waals surface area contributed by atoms with Gasteiger partial charge in [-0.1, -0.05) is 43.3 Å². The van der Waals surface area contributed by atoms with Crippen LogP contribution in [0, 0.1) is 6.92 Å². The number of anilines is 1. The second kappa shape index (κ2) is 7.16. The van der Waals surface area contributed by atoms with Gasteiger partial charge in [-0.2, -0.15) is 0 Å². The number of ether oxygens (including phenoxy) is 1. The van der Waals surface area contributed by atoms with Crippen molar-refractivity contribution in [3.05, 3.63) is 59.2 Å². The number of hydrogen-bond donors (Lipinski definition) is 1. The van der Waals surface area contributed by atoms with Crippen LogP contribution in [0.3, 0.4) is 0 Å². The minimum Gasteiger partial charge on any atom is -0.491 e. The van der Waals surface area contributed by atoms with Crippen LogP contribution in [0.2, 0.25) is 0 Å². The predicted molar refractivity (Wildman–Crippen MR) is 90.1 cm³/mol. The van der Waals surface area contributed by atoms with Crippen molar-refractivity contribution in [3.8, 4) is 5.75 Å². The molecule has 0 heterocycles. The van der Waals surface area contributed by atoms with E-state index in [1.54, 1.807) is 0 Å². The van der Waals surface area contributed by atoms with E-state index in [4.69, 9.17) is 4.74 Å². The average Bonchev–Trinajstić information content (AvgIpc) is 2.46. The van der Waals surface area contributed by atoms with E-state index in [0.717, 1.165) is 18.7 Å². The number of hydrogen-bond acceptors (Lipinski definition) is 2. The molecule has 1 N–H and O–H groups in total. The lowest BCUT2D eigenvalue weighted by atomic mass is 10.1. The Kier molecular flexibility index (Phi) is 5.26. The molecule has 0 bridgehead atoms. The molecule has 2 aromatic rings. The van der Waals surface area contributed by atoms with E-state index in [-0.39, 0.29) is 6.10 Å². The molecule has 0 atom stereocenters. The molecular weight excluding hydrogens is 258 g/mol. The van der Waals surface area contributed by atoms with E-state index in [1.807, 2.05) is 12.1 Å². The SMILES string of the molecule is CCc1cccc(C)c1NCc1ccccc1OC(C)C. The van der Waals surface area contributed by atoms with Crippen molar-refractivity contribution in [1.82, 2.24) is 0 Å². The van der Waals surface area contributed by atoms with Gasteiger partial charge in [-0.05, 0) is 44.4 Å². The molecule has 0 spiro atoms. The lowest BCUT2D eigenvalue weighted by molar-refractivity contribution is 0.240. The monoisotopic (exact) mass is 283 g/mol. The molecule has 0 aliphatic carbocycles. The van der Waals surface area contributed by atoms with Crippen LogP contribution in [0.5, 0.6) is 5.75 Å². The van der Waals surface area contributed by atoms with Crippen LogP contribution in [0.15, 0.2) is 42.5 Å². The van der Waals surface area contributed by atoms with Gasteiger partial charge in [0.15, 0.2) is 0 Å². The van der Waals surface area contributed by atoms with Crippen LogP contribution in [-0.2, 0) is 13.0 Å². The van der Waals surface area contributed by atoms with E-state index < -0.39 is 0 Å². The highest BCUT2D eigenvalue weighted by Crippen LogP contribution is 2.24. The summed E-state index contributed by atoms with van der Waals surface area (Å²) in [5.74, 6) is 0.964. The highest BCUT2D eigenvalue weighted by molar-refractivity contribution is 5.57. The van der Waals surface area contributed by atoms with Gasteiger partial charge >= 0.3 is 0 Å². The highest BCUT2D eigenvalue weighted by atomic mass is 16.5. The molecule has 0 fully saturated rings. The van der Waals surface area contributed by atoms with Gasteiger partial charge in [0, 0.05) is 17.8 Å². The zero-order valence-corrected chi connectivity index (χ0v) is 13.4. The largest absolute Gasteiger partial charge is 0.491 e. The zero-order valence-electron chi connectivity index (χ0n) is 13.4. The Morgan fingerprint density at radius 1 is 1.00 bits per heavy atom. The van der Waals surface area contributed by atoms with Crippen molar-refractivity contribution in [2.24, 2.45) is 0 Å². The van der Waals surface area contributed by atoms with Crippen LogP contribution >= 0.6 is 0 Å². The molecule has 2 heteroatoms. The predicted octanol–water partition coefficient (Wildman–Crippen LogP) is 4.96. The summed E-state index contributed by atoms with van der Waals surface area (Å²) in [6, 6.07) is 14.7. The summed E-state index contributed by atoms with van der Waals surface area (Å²) in [7, 11) is 0. The summed E-state index contributed by atoms with van der Waals surface area (Å²) in [6.45, 7) is 9.23. The van der Waals surface area contributed by atoms with E-state index in [9.17, 15) is 0 Å². The molecule has 2 aromatic carbocycles. The summed E-state index contributed by atoms with van der Waals surface area (Å²) in [5, 5.41) is 3.58. The van der Waals surface area contributed by atoms with E-state index in [1.165, 1.54) is 22.4 Å². The van der Waals surface area contributed by atoms with Gasteiger partial charge in [-0.15, -0.1) is 0 Å². The first-order valence-electron chi connectivity index (χ1n) is 7.68. The van der Waals surface area contributed by atoms with Gasteiger partial charge in [0.05, 0.1) is 6.10 Å². The average molecular weight is 283 g/mol. The zero-order chi connectivity index (χ0) is 15.2. The van der Waals surface area contributed by atoms with Crippen LogP contribution in [0.4, 0.5) is 5.69 Å². The van der Waals surface area contributed by atoms with Crippen molar-refractivity contribution in [3.63, 3.8) is 0 Å². The molecule has 0 aliphatic rings. The molecule has 0 saturated heterocycles. The van der Waals surface area contributed by atoms with Gasteiger partial charge < -0.3 is 10.1 Å². The summed E-state index contributed by atoms with van der Waals surface area (Å²) in [6.07, 6.45) is 1.23. The number of nitrogens with one attached hydrogen (secondary N) is 1. The van der Waals surface area contributed by atoms with Gasteiger partial charge in [0.1, 0.15) is 5.75 Å². The third kappa shape index (κ3) is 4.01. The Morgan fingerprint density at radius 3 is 2.43 bits per heavy atom. The molecule has 0 aliphatic heterocycles. The van der Waals surface area contributed by atoms with Crippen LogP contribution in [-0.4, -0.2) is 6.10 Å². The normalized spacial score (nSPS) is 10.7. The first-order chi connectivity index (χ1) is 10.1. The van der Waals surface area contributed by atoms with Crippen molar-refractivity contribution >= 4 is 5.69 Å². The van der Waals surface area contributed by atoms with Crippen molar-refractivity contribution in [2.75, 3.05) is 5.32 Å². The summed E-state index contributed by atoms with van der Waals surface area (Å²) in [4.78, 5) is 0. The fourth-order valence-electron chi connectivity index (χ4n) is 2.48. The van der Waals surface area contributed by atoms with E-state index >= 15 is 0 Å². The molecular formula is C19H25NO. The van der Waals surface area contributed by atoms with Crippen molar-refractivity contribution in [1.29, 1.82) is 0 Å². The lowest BCUT2D eigenvalue weighted by Crippen LogP contribution is -2.10. The lowest BCUT2D eigenvalue weighted by Gasteiger charge is -2.17.